The maximum absolute atomic E-state index is 9.55. The van der Waals surface area contributed by atoms with Gasteiger partial charge in [-0.2, -0.15) is 5.10 Å². The summed E-state index contributed by atoms with van der Waals surface area (Å²) in [5, 5.41) is 24.3. The van der Waals surface area contributed by atoms with Gasteiger partial charge in [0, 0.05) is 26.2 Å². The molecule has 2 N–H and O–H groups in total. The van der Waals surface area contributed by atoms with Gasteiger partial charge in [0.1, 0.15) is 0 Å². The van der Waals surface area contributed by atoms with Crippen LogP contribution in [0.1, 0.15) is 25.2 Å². The Morgan fingerprint density at radius 3 is 2.39 bits per heavy atom. The number of aliphatic hydroxyl groups is 2. The second-order valence-corrected chi connectivity index (χ2v) is 5.08. The molecule has 1 aliphatic heterocycles. The first-order valence-corrected chi connectivity index (χ1v) is 6.77. The van der Waals surface area contributed by atoms with Crippen molar-refractivity contribution in [2.45, 2.75) is 45.6 Å². The molecule has 0 spiro atoms. The van der Waals surface area contributed by atoms with Crippen molar-refractivity contribution < 1.29 is 10.2 Å². The van der Waals surface area contributed by atoms with Gasteiger partial charge in [0.25, 0.3) is 0 Å². The summed E-state index contributed by atoms with van der Waals surface area (Å²) >= 11 is 6.32. The molecule has 0 saturated carbocycles. The van der Waals surface area contributed by atoms with E-state index in [9.17, 15) is 10.2 Å². The fraction of sp³-hybridized carbons (Fsp3) is 0.750. The Morgan fingerprint density at radius 1 is 1.28 bits per heavy atom. The lowest BCUT2D eigenvalue weighted by molar-refractivity contribution is 0.0572. The highest BCUT2D eigenvalue weighted by atomic mass is 35.5. The molecule has 0 bridgehead atoms. The molecule has 6 heteroatoms. The summed E-state index contributed by atoms with van der Waals surface area (Å²) < 4.78 is 1.90. The number of nitrogens with zero attached hydrogens (tertiary/aromatic N) is 3. The molecule has 1 saturated heterocycles. The Morgan fingerprint density at radius 2 is 1.89 bits per heavy atom. The third kappa shape index (κ3) is 2.54. The summed E-state index contributed by atoms with van der Waals surface area (Å²) in [6.07, 6.45) is -0.510. The zero-order valence-corrected chi connectivity index (χ0v) is 11.6. The number of halogens is 1. The number of aryl methyl sites for hydroxylation is 2. The predicted octanol–water partition coefficient (Wildman–Crippen LogP) is 0.656. The summed E-state index contributed by atoms with van der Waals surface area (Å²) in [7, 11) is 0. The normalized spacial score (nSPS) is 24.9. The van der Waals surface area contributed by atoms with Gasteiger partial charge in [-0.25, -0.2) is 0 Å². The molecule has 0 aromatic carbocycles. The van der Waals surface area contributed by atoms with Crippen molar-refractivity contribution in [1.29, 1.82) is 0 Å². The summed E-state index contributed by atoms with van der Waals surface area (Å²) in [5.41, 5.74) is 1.88. The van der Waals surface area contributed by atoms with Gasteiger partial charge in [-0.05, 0) is 13.3 Å². The van der Waals surface area contributed by atoms with Crippen LogP contribution >= 0.6 is 11.6 Å². The lowest BCUT2D eigenvalue weighted by Gasteiger charge is -2.15. The molecule has 5 nitrogen and oxygen atoms in total. The van der Waals surface area contributed by atoms with E-state index in [1.807, 2.05) is 23.4 Å². The highest BCUT2D eigenvalue weighted by Gasteiger charge is 2.30. The Hall–Kier alpha value is -0.620. The summed E-state index contributed by atoms with van der Waals surface area (Å²) in [5.74, 6) is 0. The predicted molar refractivity (Wildman–Crippen MR) is 69.6 cm³/mol. The van der Waals surface area contributed by atoms with Gasteiger partial charge in [-0.3, -0.25) is 9.58 Å². The van der Waals surface area contributed by atoms with Crippen LogP contribution < -0.4 is 0 Å². The second-order valence-electron chi connectivity index (χ2n) is 4.71. The maximum atomic E-state index is 9.55. The minimum atomic E-state index is -0.660. The van der Waals surface area contributed by atoms with Crippen LogP contribution in [-0.2, 0) is 19.5 Å². The number of likely N-dealkylation sites (tertiary alicyclic amines) is 1. The molecule has 18 heavy (non-hydrogen) atoms. The van der Waals surface area contributed by atoms with E-state index in [-0.39, 0.29) is 0 Å². The van der Waals surface area contributed by atoms with Crippen molar-refractivity contribution in [3.8, 4) is 0 Å². The zero-order valence-electron chi connectivity index (χ0n) is 10.8. The summed E-state index contributed by atoms with van der Waals surface area (Å²) in [6, 6.07) is 0. The average molecular weight is 274 g/mol. The molecule has 1 aliphatic rings. The first kappa shape index (κ1) is 13.8. The van der Waals surface area contributed by atoms with Crippen LogP contribution in [0.4, 0.5) is 0 Å². The highest BCUT2D eigenvalue weighted by Crippen LogP contribution is 2.24. The first-order valence-electron chi connectivity index (χ1n) is 6.39. The highest BCUT2D eigenvalue weighted by molar-refractivity contribution is 6.31. The van der Waals surface area contributed by atoms with E-state index in [0.29, 0.717) is 19.6 Å². The molecule has 1 aromatic heterocycles. The number of aromatic nitrogens is 2. The maximum Gasteiger partial charge on any atom is 0.0938 e. The van der Waals surface area contributed by atoms with Gasteiger partial charge < -0.3 is 10.2 Å². The smallest absolute Gasteiger partial charge is 0.0938 e. The van der Waals surface area contributed by atoms with Gasteiger partial charge in [-0.1, -0.05) is 18.5 Å². The average Bonchev–Trinajstić information content (AvgIpc) is 2.82. The molecule has 0 aliphatic carbocycles. The number of rotatable bonds is 4. The van der Waals surface area contributed by atoms with E-state index >= 15 is 0 Å². The van der Waals surface area contributed by atoms with Crippen molar-refractivity contribution >= 4 is 11.6 Å². The third-order valence-corrected chi connectivity index (χ3v) is 3.84. The standard InChI is InChI=1S/C12H20ClN3O2/c1-3-8-12(13)9(16(4-2)14-8)5-15-6-10(17)11(18)7-15/h10-11,17-18H,3-7H2,1-2H3. The molecule has 0 radical (unpaired) electrons. The van der Waals surface area contributed by atoms with E-state index in [2.05, 4.69) is 5.10 Å². The molecular formula is C12H20ClN3O2. The van der Waals surface area contributed by atoms with Gasteiger partial charge in [-0.15, -0.1) is 0 Å². The number of aliphatic hydroxyl groups excluding tert-OH is 2. The minimum Gasteiger partial charge on any atom is -0.389 e. The lowest BCUT2D eigenvalue weighted by atomic mass is 10.3. The molecule has 102 valence electrons. The van der Waals surface area contributed by atoms with Gasteiger partial charge in [0.15, 0.2) is 0 Å². The van der Waals surface area contributed by atoms with E-state index in [4.69, 9.17) is 11.6 Å². The molecule has 1 aromatic rings. The molecule has 2 unspecified atom stereocenters. The van der Waals surface area contributed by atoms with Crippen LogP contribution in [0.5, 0.6) is 0 Å². The van der Waals surface area contributed by atoms with Gasteiger partial charge in [0.05, 0.1) is 28.6 Å². The molecular weight excluding hydrogens is 254 g/mol. The van der Waals surface area contributed by atoms with E-state index < -0.39 is 12.2 Å². The summed E-state index contributed by atoms with van der Waals surface area (Å²) in [6.45, 7) is 6.41. The van der Waals surface area contributed by atoms with Crippen molar-refractivity contribution in [1.82, 2.24) is 14.7 Å². The SMILES string of the molecule is CCc1nn(CC)c(CN2CC(O)C(O)C2)c1Cl. The number of hydrogen-bond acceptors (Lipinski definition) is 4. The largest absolute Gasteiger partial charge is 0.389 e. The monoisotopic (exact) mass is 273 g/mol. The molecule has 1 fully saturated rings. The minimum absolute atomic E-state index is 0.480. The first-order chi connectivity index (χ1) is 8.56. The van der Waals surface area contributed by atoms with Crippen LogP contribution in [0.15, 0.2) is 0 Å². The zero-order chi connectivity index (χ0) is 13.3. The number of β-amino-alcohol motifs (C(OH)–C–C–N with tert-alkyl or cyclic N) is 2. The van der Waals surface area contributed by atoms with Crippen LogP contribution in [0.2, 0.25) is 5.02 Å². The molecule has 0 amide bonds. The van der Waals surface area contributed by atoms with Crippen LogP contribution in [0.25, 0.3) is 0 Å². The molecule has 2 atom stereocenters. The van der Waals surface area contributed by atoms with Gasteiger partial charge >= 0.3 is 0 Å². The Labute approximate surface area is 112 Å². The topological polar surface area (TPSA) is 61.5 Å². The third-order valence-electron chi connectivity index (χ3n) is 3.40. The van der Waals surface area contributed by atoms with Gasteiger partial charge in [0.2, 0.25) is 0 Å². The van der Waals surface area contributed by atoms with Crippen molar-refractivity contribution in [2.75, 3.05) is 13.1 Å². The van der Waals surface area contributed by atoms with E-state index in [1.165, 1.54) is 0 Å². The van der Waals surface area contributed by atoms with E-state index in [1.54, 1.807) is 0 Å². The van der Waals surface area contributed by atoms with Crippen LogP contribution in [0, 0.1) is 0 Å². The molecule has 2 rings (SSSR count). The van der Waals surface area contributed by atoms with Crippen molar-refractivity contribution in [3.05, 3.63) is 16.4 Å². The van der Waals surface area contributed by atoms with Crippen molar-refractivity contribution in [3.63, 3.8) is 0 Å². The van der Waals surface area contributed by atoms with Crippen molar-refractivity contribution in [2.24, 2.45) is 0 Å². The Balaban J connectivity index is 2.16. The fourth-order valence-corrected chi connectivity index (χ4v) is 2.68. The van der Waals surface area contributed by atoms with E-state index in [0.717, 1.165) is 29.4 Å². The quantitative estimate of drug-likeness (QED) is 0.846. The van der Waals surface area contributed by atoms with Crippen LogP contribution in [-0.4, -0.2) is 50.2 Å². The number of hydrogen-bond donors (Lipinski definition) is 2. The Kier molecular flexibility index (Phi) is 4.27. The Bertz CT molecular complexity index is 412. The summed E-state index contributed by atoms with van der Waals surface area (Å²) in [4.78, 5) is 2.00. The lowest BCUT2D eigenvalue weighted by Crippen LogP contribution is -2.23. The molecule has 2 heterocycles. The van der Waals surface area contributed by atoms with Crippen LogP contribution in [0.3, 0.4) is 0 Å². The fourth-order valence-electron chi connectivity index (χ4n) is 2.36. The second kappa shape index (κ2) is 5.57.